The van der Waals surface area contributed by atoms with E-state index in [0.29, 0.717) is 12.5 Å². The minimum absolute atomic E-state index is 0. The first kappa shape index (κ1) is 25.9. The summed E-state index contributed by atoms with van der Waals surface area (Å²) < 4.78 is 0. The van der Waals surface area contributed by atoms with Crippen molar-refractivity contribution >= 4 is 47.6 Å². The Morgan fingerprint density at radius 3 is 2.50 bits per heavy atom. The normalized spacial score (nSPS) is 15.2. The average molecular weight is 531 g/mol. The highest BCUT2D eigenvalue weighted by molar-refractivity contribution is 14.0. The summed E-state index contributed by atoms with van der Waals surface area (Å²) in [7, 11) is 1.66. The van der Waals surface area contributed by atoms with Crippen LogP contribution in [0.5, 0.6) is 0 Å². The molecule has 1 aromatic rings. The van der Waals surface area contributed by atoms with E-state index in [1.807, 2.05) is 32.9 Å². The molecule has 9 nitrogen and oxygen atoms in total. The maximum absolute atomic E-state index is 12.0. The zero-order valence-electron chi connectivity index (χ0n) is 18.2. The molecule has 1 aliphatic rings. The molecule has 0 unspecified atom stereocenters. The number of piperidine rings is 1. The molecule has 0 saturated carbocycles. The Kier molecular flexibility index (Phi) is 10.3. The number of anilines is 1. The van der Waals surface area contributed by atoms with E-state index in [0.717, 1.165) is 37.3 Å². The van der Waals surface area contributed by atoms with Gasteiger partial charge in [0.2, 0.25) is 11.8 Å². The van der Waals surface area contributed by atoms with Crippen molar-refractivity contribution in [2.24, 2.45) is 16.6 Å². The van der Waals surface area contributed by atoms with Gasteiger partial charge in [-0.3, -0.25) is 14.6 Å². The largest absolute Gasteiger partial charge is 0.369 e. The molecule has 0 aromatic carbocycles. The number of hydrogen-bond acceptors (Lipinski definition) is 5. The third kappa shape index (κ3) is 8.33. The van der Waals surface area contributed by atoms with Gasteiger partial charge in [-0.1, -0.05) is 6.07 Å². The van der Waals surface area contributed by atoms with Crippen LogP contribution in [0.1, 0.15) is 39.2 Å². The fourth-order valence-corrected chi connectivity index (χ4v) is 3.25. The number of carbonyl (C=O) groups excluding carboxylic acids is 2. The number of rotatable bonds is 6. The van der Waals surface area contributed by atoms with Crippen LogP contribution in [-0.2, 0) is 16.1 Å². The van der Waals surface area contributed by atoms with Gasteiger partial charge in [0.05, 0.1) is 6.54 Å². The lowest BCUT2D eigenvalue weighted by atomic mass is 9.96. The number of aromatic nitrogens is 1. The van der Waals surface area contributed by atoms with Crippen molar-refractivity contribution in [2.45, 2.75) is 45.7 Å². The van der Waals surface area contributed by atoms with Crippen LogP contribution in [-0.4, -0.2) is 55.0 Å². The van der Waals surface area contributed by atoms with Crippen molar-refractivity contribution in [1.82, 2.24) is 20.9 Å². The first-order chi connectivity index (χ1) is 13.7. The van der Waals surface area contributed by atoms with Gasteiger partial charge in [0.25, 0.3) is 0 Å². The van der Waals surface area contributed by atoms with Crippen LogP contribution in [0.25, 0.3) is 0 Å². The Hall–Kier alpha value is -2.11. The van der Waals surface area contributed by atoms with Crippen molar-refractivity contribution in [1.29, 1.82) is 0 Å². The Labute approximate surface area is 195 Å². The maximum atomic E-state index is 12.0. The Morgan fingerprint density at radius 1 is 1.27 bits per heavy atom. The van der Waals surface area contributed by atoms with Gasteiger partial charge in [0, 0.05) is 49.9 Å². The number of nitrogens with zero attached hydrogens (tertiary/aromatic N) is 3. The summed E-state index contributed by atoms with van der Waals surface area (Å²) in [6.45, 7) is 7.96. The van der Waals surface area contributed by atoms with Gasteiger partial charge in [0.1, 0.15) is 5.82 Å². The highest BCUT2D eigenvalue weighted by Crippen LogP contribution is 2.24. The third-order valence-electron chi connectivity index (χ3n) is 4.67. The van der Waals surface area contributed by atoms with E-state index < -0.39 is 0 Å². The predicted octanol–water partition coefficient (Wildman–Crippen LogP) is 0.981. The van der Waals surface area contributed by atoms with Crippen LogP contribution in [0, 0.1) is 5.92 Å². The summed E-state index contributed by atoms with van der Waals surface area (Å²) >= 11 is 0. The van der Waals surface area contributed by atoms with Crippen molar-refractivity contribution in [3.05, 3.63) is 23.9 Å². The monoisotopic (exact) mass is 531 g/mol. The zero-order chi connectivity index (χ0) is 21.4. The van der Waals surface area contributed by atoms with Crippen LogP contribution in [0.2, 0.25) is 0 Å². The lowest BCUT2D eigenvalue weighted by molar-refractivity contribution is -0.122. The van der Waals surface area contributed by atoms with Gasteiger partial charge in [0.15, 0.2) is 5.96 Å². The second kappa shape index (κ2) is 11.9. The SMILES string of the molecule is CN=C(NCC(=O)NC(C)(C)C)NCc1cccnc1N1CCC(C(N)=O)CC1.I. The van der Waals surface area contributed by atoms with E-state index in [1.165, 1.54) is 0 Å². The first-order valence-electron chi connectivity index (χ1n) is 9.93. The first-order valence-corrected chi connectivity index (χ1v) is 9.93. The number of carbonyl (C=O) groups is 2. The molecule has 0 radical (unpaired) electrons. The number of primary amides is 1. The molecule has 5 N–H and O–H groups in total. The van der Waals surface area contributed by atoms with Gasteiger partial charge in [-0.05, 0) is 39.7 Å². The number of aliphatic imine (C=N–C) groups is 1. The third-order valence-corrected chi connectivity index (χ3v) is 4.67. The molecule has 1 aromatic heterocycles. The second-order valence-corrected chi connectivity index (χ2v) is 8.23. The molecule has 0 aliphatic carbocycles. The van der Waals surface area contributed by atoms with E-state index in [1.54, 1.807) is 13.2 Å². The number of pyridine rings is 1. The minimum Gasteiger partial charge on any atom is -0.369 e. The number of nitrogens with one attached hydrogen (secondary N) is 3. The number of hydrogen-bond donors (Lipinski definition) is 4. The highest BCUT2D eigenvalue weighted by atomic mass is 127. The standard InChI is InChI=1S/C20H33N7O2.HI/c1-20(2,3)26-16(28)13-25-19(22-4)24-12-15-6-5-9-23-18(15)27-10-7-14(8-11-27)17(21)29;/h5-6,9,14H,7-8,10-13H2,1-4H3,(H2,21,29)(H,26,28)(H2,22,24,25);1H. The summed E-state index contributed by atoms with van der Waals surface area (Å²) in [6.07, 6.45) is 3.25. The van der Waals surface area contributed by atoms with E-state index in [4.69, 9.17) is 5.73 Å². The lowest BCUT2D eigenvalue weighted by Crippen LogP contribution is -2.48. The van der Waals surface area contributed by atoms with Gasteiger partial charge >= 0.3 is 0 Å². The zero-order valence-corrected chi connectivity index (χ0v) is 20.5. The van der Waals surface area contributed by atoms with Crippen LogP contribution >= 0.6 is 24.0 Å². The Bertz CT molecular complexity index is 741. The summed E-state index contributed by atoms with van der Waals surface area (Å²) in [5.41, 5.74) is 6.17. The molecule has 2 amide bonds. The van der Waals surface area contributed by atoms with E-state index >= 15 is 0 Å². The molecule has 0 bridgehead atoms. The summed E-state index contributed by atoms with van der Waals surface area (Å²) in [6, 6.07) is 3.90. The van der Waals surface area contributed by atoms with Crippen LogP contribution in [0.15, 0.2) is 23.3 Å². The molecule has 168 valence electrons. The van der Waals surface area contributed by atoms with E-state index in [9.17, 15) is 9.59 Å². The van der Waals surface area contributed by atoms with Crippen LogP contribution < -0.4 is 26.6 Å². The van der Waals surface area contributed by atoms with Crippen molar-refractivity contribution in [3.63, 3.8) is 0 Å². The van der Waals surface area contributed by atoms with Crippen molar-refractivity contribution in [3.8, 4) is 0 Å². The fraction of sp³-hybridized carbons (Fsp3) is 0.600. The Morgan fingerprint density at radius 2 is 1.93 bits per heavy atom. The molecule has 0 spiro atoms. The van der Waals surface area contributed by atoms with Crippen LogP contribution in [0.3, 0.4) is 0 Å². The maximum Gasteiger partial charge on any atom is 0.239 e. The fourth-order valence-electron chi connectivity index (χ4n) is 3.25. The molecule has 1 saturated heterocycles. The molecule has 2 rings (SSSR count). The molecule has 1 aliphatic heterocycles. The lowest BCUT2D eigenvalue weighted by Gasteiger charge is -2.32. The number of amides is 2. The number of nitrogens with two attached hydrogens (primary N) is 1. The van der Waals surface area contributed by atoms with Crippen molar-refractivity contribution < 1.29 is 9.59 Å². The van der Waals surface area contributed by atoms with Crippen molar-refractivity contribution in [2.75, 3.05) is 31.6 Å². The van der Waals surface area contributed by atoms with Crippen LogP contribution in [0.4, 0.5) is 5.82 Å². The summed E-state index contributed by atoms with van der Waals surface area (Å²) in [5.74, 6) is 1.05. The predicted molar refractivity (Wildman–Crippen MR) is 130 cm³/mol. The molecule has 1 fully saturated rings. The van der Waals surface area contributed by atoms with E-state index in [-0.39, 0.29) is 53.8 Å². The summed E-state index contributed by atoms with van der Waals surface area (Å²) in [5, 5.41) is 9.15. The molecule has 2 heterocycles. The molecular weight excluding hydrogens is 497 g/mol. The summed E-state index contributed by atoms with van der Waals surface area (Å²) in [4.78, 5) is 34.3. The average Bonchev–Trinajstić information content (AvgIpc) is 2.67. The molecule has 30 heavy (non-hydrogen) atoms. The van der Waals surface area contributed by atoms with E-state index in [2.05, 4.69) is 30.8 Å². The number of halogens is 1. The molecular formula is C20H34IN7O2. The smallest absolute Gasteiger partial charge is 0.239 e. The van der Waals surface area contributed by atoms with Gasteiger partial charge in [-0.25, -0.2) is 4.98 Å². The molecule has 0 atom stereocenters. The van der Waals surface area contributed by atoms with Gasteiger partial charge in [-0.15, -0.1) is 24.0 Å². The van der Waals surface area contributed by atoms with Gasteiger partial charge in [-0.2, -0.15) is 0 Å². The second-order valence-electron chi connectivity index (χ2n) is 8.23. The quantitative estimate of drug-likeness (QED) is 0.247. The number of guanidine groups is 1. The minimum atomic E-state index is -0.276. The Balaban J connectivity index is 0.00000450. The van der Waals surface area contributed by atoms with Gasteiger partial charge < -0.3 is 26.6 Å². The topological polar surface area (TPSA) is 125 Å². The highest BCUT2D eigenvalue weighted by Gasteiger charge is 2.25. The molecule has 10 heteroatoms.